The number of fused-ring (bicyclic) bond motifs is 1. The Morgan fingerprint density at radius 2 is 2.06 bits per heavy atom. The van der Waals surface area contributed by atoms with Gasteiger partial charge in [0.05, 0.1) is 12.2 Å². The number of para-hydroxylation sites is 1. The predicted octanol–water partition coefficient (Wildman–Crippen LogP) is 0.840. The lowest BCUT2D eigenvalue weighted by molar-refractivity contribution is 0.597. The summed E-state index contributed by atoms with van der Waals surface area (Å²) >= 11 is 0. The number of rotatable bonds is 2. The van der Waals surface area contributed by atoms with E-state index in [4.69, 9.17) is 0 Å². The number of amidine groups is 1. The maximum Gasteiger partial charge on any atom is 0.286 e. The fourth-order valence-electron chi connectivity index (χ4n) is 1.41. The molecule has 2 N–H and O–H groups in total. The lowest BCUT2D eigenvalue weighted by Crippen LogP contribution is -2.30. The van der Waals surface area contributed by atoms with Gasteiger partial charge in [-0.15, -0.1) is 16.8 Å². The number of sulfonamides is 1. The van der Waals surface area contributed by atoms with Crippen LogP contribution < -0.4 is 10.6 Å². The van der Waals surface area contributed by atoms with E-state index in [2.05, 4.69) is 15.0 Å². The van der Waals surface area contributed by atoms with E-state index in [9.17, 15) is 8.42 Å². The molecule has 1 aliphatic heterocycles. The van der Waals surface area contributed by atoms with E-state index in [0.29, 0.717) is 18.1 Å². The largest absolute Gasteiger partial charge is 0.341 e. The summed E-state index contributed by atoms with van der Waals surface area (Å²) < 4.78 is 27.1. The van der Waals surface area contributed by atoms with Gasteiger partial charge in [0.1, 0.15) is 10.7 Å². The first kappa shape index (κ1) is 13.0. The summed E-state index contributed by atoms with van der Waals surface area (Å²) in [4.78, 5) is 0.227. The zero-order valence-electron chi connectivity index (χ0n) is 8.60. The van der Waals surface area contributed by atoms with Crippen molar-refractivity contribution in [2.24, 2.45) is 4.40 Å². The molecule has 5 nitrogen and oxygen atoms in total. The molecular weight excluding hydrogens is 250 g/mol. The smallest absolute Gasteiger partial charge is 0.286 e. The number of halogens is 1. The summed E-state index contributed by atoms with van der Waals surface area (Å²) in [5.74, 6) is 0.413. The van der Waals surface area contributed by atoms with Gasteiger partial charge < -0.3 is 10.6 Å². The van der Waals surface area contributed by atoms with E-state index in [1.165, 1.54) is 6.07 Å². The Morgan fingerprint density at radius 3 is 2.75 bits per heavy atom. The van der Waals surface area contributed by atoms with Gasteiger partial charge in [0.2, 0.25) is 0 Å². The number of nitrogens with one attached hydrogen (secondary N) is 2. The molecule has 0 unspecified atom stereocenters. The fraction of sp³-hybridized carbons (Fsp3) is 0.222. The van der Waals surface area contributed by atoms with Crippen LogP contribution in [-0.2, 0) is 10.0 Å². The van der Waals surface area contributed by atoms with Crippen molar-refractivity contribution in [3.8, 4) is 0 Å². The maximum atomic E-state index is 11.7. The van der Waals surface area contributed by atoms with Crippen molar-refractivity contribution in [3.05, 3.63) is 24.3 Å². The van der Waals surface area contributed by atoms with Crippen LogP contribution in [0.5, 0.6) is 0 Å². The Morgan fingerprint density at radius 1 is 1.38 bits per heavy atom. The van der Waals surface area contributed by atoms with E-state index < -0.39 is 10.0 Å². The van der Waals surface area contributed by atoms with Crippen molar-refractivity contribution in [3.63, 3.8) is 0 Å². The van der Waals surface area contributed by atoms with Crippen LogP contribution in [-0.4, -0.2) is 27.8 Å². The first-order chi connectivity index (χ1) is 7.13. The van der Waals surface area contributed by atoms with Gasteiger partial charge in [-0.05, 0) is 19.2 Å². The summed E-state index contributed by atoms with van der Waals surface area (Å²) in [6, 6.07) is 6.72. The van der Waals surface area contributed by atoms with Crippen LogP contribution in [0.2, 0.25) is 0 Å². The molecule has 1 heterocycles. The van der Waals surface area contributed by atoms with Crippen LogP contribution in [0.15, 0.2) is 33.6 Å². The molecule has 1 aromatic carbocycles. The van der Waals surface area contributed by atoms with Crippen molar-refractivity contribution in [2.45, 2.75) is 4.90 Å². The summed E-state index contributed by atoms with van der Waals surface area (Å²) in [5, 5.41) is 5.81. The third-order valence-corrected chi connectivity index (χ3v) is 3.39. The number of hydrogen-bond donors (Lipinski definition) is 2. The molecule has 16 heavy (non-hydrogen) atoms. The van der Waals surface area contributed by atoms with Crippen molar-refractivity contribution >= 4 is 34.0 Å². The molecule has 0 spiro atoms. The minimum atomic E-state index is -3.53. The number of anilines is 1. The normalized spacial score (nSPS) is 16.4. The van der Waals surface area contributed by atoms with E-state index in [1.807, 2.05) is 0 Å². The first-order valence-electron chi connectivity index (χ1n) is 4.48. The quantitative estimate of drug-likeness (QED) is 0.828. The van der Waals surface area contributed by atoms with Gasteiger partial charge in [-0.25, -0.2) is 0 Å². The molecule has 0 saturated carbocycles. The highest BCUT2D eigenvalue weighted by Crippen LogP contribution is 2.26. The van der Waals surface area contributed by atoms with Crippen LogP contribution in [0.25, 0.3) is 0 Å². The van der Waals surface area contributed by atoms with Crippen LogP contribution in [0.4, 0.5) is 5.69 Å². The molecule has 7 heteroatoms. The van der Waals surface area contributed by atoms with Crippen molar-refractivity contribution in [1.82, 2.24) is 5.32 Å². The number of likely N-dealkylation sites (N-methyl/N-ethyl adjacent to an activating group) is 1. The lowest BCUT2D eigenvalue weighted by Gasteiger charge is -2.17. The summed E-state index contributed by atoms with van der Waals surface area (Å²) in [6.07, 6.45) is 0. The second-order valence-electron chi connectivity index (χ2n) is 3.16. The van der Waals surface area contributed by atoms with Crippen molar-refractivity contribution in [1.29, 1.82) is 0 Å². The molecule has 0 atom stereocenters. The second kappa shape index (κ2) is 4.82. The highest BCUT2D eigenvalue weighted by molar-refractivity contribution is 7.90. The molecule has 0 radical (unpaired) electrons. The number of nitrogens with zero attached hydrogens (tertiary/aromatic N) is 1. The highest BCUT2D eigenvalue weighted by Gasteiger charge is 2.23. The standard InChI is InChI=1S/C9H11N3O2S.ClH/c1-10-6-9-11-7-4-2-3-5-8(7)15(13,14)12-9;/h2-5,10H,6H2,1H3,(H,11,12);1H. The topological polar surface area (TPSA) is 70.6 Å². The molecule has 1 aliphatic rings. The molecule has 0 amide bonds. The molecule has 0 aliphatic carbocycles. The van der Waals surface area contributed by atoms with Crippen LogP contribution >= 0.6 is 12.4 Å². The Hall–Kier alpha value is -1.11. The monoisotopic (exact) mass is 261 g/mol. The summed E-state index contributed by atoms with van der Waals surface area (Å²) in [6.45, 7) is 0.396. The zero-order valence-corrected chi connectivity index (χ0v) is 10.2. The SMILES string of the molecule is CNCC1=NS(=O)(=O)c2ccccc2N1.Cl. The first-order valence-corrected chi connectivity index (χ1v) is 5.92. The zero-order chi connectivity index (χ0) is 10.9. The molecule has 0 fully saturated rings. The van der Waals surface area contributed by atoms with Crippen molar-refractivity contribution < 1.29 is 8.42 Å². The third kappa shape index (κ3) is 2.34. The summed E-state index contributed by atoms with van der Waals surface area (Å²) in [5.41, 5.74) is 0.581. The minimum Gasteiger partial charge on any atom is -0.341 e. The van der Waals surface area contributed by atoms with E-state index >= 15 is 0 Å². The van der Waals surface area contributed by atoms with Gasteiger partial charge in [-0.3, -0.25) is 0 Å². The molecule has 0 aromatic heterocycles. The van der Waals surface area contributed by atoms with Gasteiger partial charge >= 0.3 is 0 Å². The lowest BCUT2D eigenvalue weighted by atomic mass is 10.3. The van der Waals surface area contributed by atoms with Crippen LogP contribution in [0, 0.1) is 0 Å². The van der Waals surface area contributed by atoms with Crippen LogP contribution in [0.1, 0.15) is 0 Å². The van der Waals surface area contributed by atoms with E-state index in [1.54, 1.807) is 25.2 Å². The molecule has 2 rings (SSSR count). The second-order valence-corrected chi connectivity index (χ2v) is 4.74. The molecule has 1 aromatic rings. The average Bonchev–Trinajstić information content (AvgIpc) is 2.17. The Kier molecular flexibility index (Phi) is 3.90. The van der Waals surface area contributed by atoms with Gasteiger partial charge in [-0.2, -0.15) is 8.42 Å². The molecule has 88 valence electrons. The van der Waals surface area contributed by atoms with E-state index in [0.717, 1.165) is 0 Å². The van der Waals surface area contributed by atoms with Crippen LogP contribution in [0.3, 0.4) is 0 Å². The van der Waals surface area contributed by atoms with Crippen molar-refractivity contribution in [2.75, 3.05) is 18.9 Å². The maximum absolute atomic E-state index is 11.7. The Balaban J connectivity index is 0.00000128. The number of benzene rings is 1. The predicted molar refractivity (Wildman–Crippen MR) is 65.9 cm³/mol. The average molecular weight is 262 g/mol. The minimum absolute atomic E-state index is 0. The Bertz CT molecular complexity index is 513. The highest BCUT2D eigenvalue weighted by atomic mass is 35.5. The molecular formula is C9H12ClN3O2S. The third-order valence-electron chi connectivity index (χ3n) is 2.02. The Labute approximate surface area is 100 Å². The van der Waals surface area contributed by atoms with Gasteiger partial charge in [-0.1, -0.05) is 12.1 Å². The fourth-order valence-corrected chi connectivity index (χ4v) is 2.56. The number of hydrogen-bond acceptors (Lipinski definition) is 4. The van der Waals surface area contributed by atoms with Gasteiger partial charge in [0.15, 0.2) is 0 Å². The van der Waals surface area contributed by atoms with Gasteiger partial charge in [0, 0.05) is 0 Å². The summed E-state index contributed by atoms with van der Waals surface area (Å²) in [7, 11) is -1.79. The molecule has 0 bridgehead atoms. The van der Waals surface area contributed by atoms with Gasteiger partial charge in [0.25, 0.3) is 10.0 Å². The van der Waals surface area contributed by atoms with E-state index in [-0.39, 0.29) is 17.3 Å². The molecule has 0 saturated heterocycles.